The molecule has 2 N–H and O–H groups in total. The van der Waals surface area contributed by atoms with Gasteiger partial charge in [-0.2, -0.15) is 5.10 Å². The molecular formula is C15H16N4O. The Morgan fingerprint density at radius 1 is 1.10 bits per heavy atom. The van der Waals surface area contributed by atoms with E-state index in [0.717, 1.165) is 27.9 Å². The number of fused-ring (bicyclic) bond motifs is 1. The minimum absolute atomic E-state index is 0.695. The van der Waals surface area contributed by atoms with E-state index in [4.69, 9.17) is 10.5 Å². The molecule has 102 valence electrons. The molecule has 0 aliphatic rings. The van der Waals surface area contributed by atoms with Gasteiger partial charge >= 0.3 is 0 Å². The number of aromatic nitrogens is 3. The van der Waals surface area contributed by atoms with Crippen molar-refractivity contribution in [3.05, 3.63) is 41.9 Å². The minimum Gasteiger partial charge on any atom is -0.439 e. The Morgan fingerprint density at radius 2 is 1.90 bits per heavy atom. The van der Waals surface area contributed by atoms with Gasteiger partial charge in [0.25, 0.3) is 0 Å². The lowest BCUT2D eigenvalue weighted by atomic mass is 10.1. The first kappa shape index (κ1) is 12.5. The number of ether oxygens (including phenoxy) is 1. The molecule has 0 unspecified atom stereocenters. The third-order valence-electron chi connectivity index (χ3n) is 3.20. The van der Waals surface area contributed by atoms with Gasteiger partial charge in [-0.1, -0.05) is 0 Å². The van der Waals surface area contributed by atoms with Crippen LogP contribution in [-0.4, -0.2) is 14.8 Å². The summed E-state index contributed by atoms with van der Waals surface area (Å²) < 4.78 is 7.68. The molecule has 0 atom stereocenters. The van der Waals surface area contributed by atoms with E-state index >= 15 is 0 Å². The molecule has 0 bridgehead atoms. The van der Waals surface area contributed by atoms with E-state index in [9.17, 15) is 0 Å². The highest BCUT2D eigenvalue weighted by Crippen LogP contribution is 2.33. The number of benzene rings is 1. The van der Waals surface area contributed by atoms with Crippen molar-refractivity contribution in [2.45, 2.75) is 13.8 Å². The number of rotatable bonds is 2. The van der Waals surface area contributed by atoms with Crippen LogP contribution in [0.4, 0.5) is 5.69 Å². The molecule has 20 heavy (non-hydrogen) atoms. The molecule has 2 aromatic heterocycles. The van der Waals surface area contributed by atoms with Gasteiger partial charge in [0.1, 0.15) is 5.75 Å². The second-order valence-corrected chi connectivity index (χ2v) is 4.87. The smallest absolute Gasteiger partial charge is 0.217 e. The van der Waals surface area contributed by atoms with Crippen LogP contribution in [0.25, 0.3) is 10.8 Å². The van der Waals surface area contributed by atoms with Gasteiger partial charge in [-0.15, -0.1) is 0 Å². The number of hydrogen-bond acceptors (Lipinski definition) is 4. The minimum atomic E-state index is 0.695. The monoisotopic (exact) mass is 268 g/mol. The summed E-state index contributed by atoms with van der Waals surface area (Å²) in [5.74, 6) is 1.45. The molecule has 0 radical (unpaired) electrons. The first-order valence-corrected chi connectivity index (χ1v) is 6.38. The fraction of sp³-hybridized carbons (Fsp3) is 0.200. The van der Waals surface area contributed by atoms with Gasteiger partial charge in [0.05, 0.1) is 5.69 Å². The maximum Gasteiger partial charge on any atom is 0.217 e. The first-order chi connectivity index (χ1) is 9.54. The molecule has 0 aliphatic heterocycles. The number of anilines is 1. The maximum absolute atomic E-state index is 5.99. The predicted octanol–water partition coefficient (Wildman–Crippen LogP) is 2.96. The molecular weight excluding hydrogens is 252 g/mol. The Balaban J connectivity index is 2.14. The molecule has 0 spiro atoms. The lowest BCUT2D eigenvalue weighted by Crippen LogP contribution is -1.97. The number of nitrogens with zero attached hydrogens (tertiary/aromatic N) is 3. The van der Waals surface area contributed by atoms with Crippen molar-refractivity contribution in [3.8, 4) is 11.6 Å². The second kappa shape index (κ2) is 4.52. The summed E-state index contributed by atoms with van der Waals surface area (Å²) in [6.45, 7) is 3.88. The summed E-state index contributed by atoms with van der Waals surface area (Å²) in [5.41, 5.74) is 8.53. The van der Waals surface area contributed by atoms with Crippen LogP contribution < -0.4 is 10.5 Å². The van der Waals surface area contributed by atoms with E-state index in [1.807, 2.05) is 45.2 Å². The van der Waals surface area contributed by atoms with Crippen molar-refractivity contribution in [1.29, 1.82) is 0 Å². The topological polar surface area (TPSA) is 66.0 Å². The summed E-state index contributed by atoms with van der Waals surface area (Å²) in [7, 11) is 1.86. The summed E-state index contributed by atoms with van der Waals surface area (Å²) in [6.07, 6.45) is 1.78. The highest BCUT2D eigenvalue weighted by molar-refractivity contribution is 5.96. The van der Waals surface area contributed by atoms with Crippen molar-refractivity contribution < 1.29 is 4.74 Å². The average Bonchev–Trinajstić information content (AvgIpc) is 2.71. The molecule has 5 heteroatoms. The third kappa shape index (κ3) is 2.07. The van der Waals surface area contributed by atoms with Crippen molar-refractivity contribution in [1.82, 2.24) is 14.8 Å². The number of aryl methyl sites for hydroxylation is 3. The molecule has 3 aromatic rings. The standard InChI is InChI=1S/C15H16N4O/c1-9-6-11-12(8-17-9)13(16)4-5-14(11)20-15-7-10(2)18-19(15)3/h4-8H,16H2,1-3H3. The van der Waals surface area contributed by atoms with Crippen LogP contribution >= 0.6 is 0 Å². The summed E-state index contributed by atoms with van der Waals surface area (Å²) in [5, 5.41) is 6.13. The van der Waals surface area contributed by atoms with Crippen LogP contribution in [0, 0.1) is 13.8 Å². The largest absolute Gasteiger partial charge is 0.439 e. The molecule has 0 saturated heterocycles. The van der Waals surface area contributed by atoms with E-state index in [0.29, 0.717) is 11.6 Å². The van der Waals surface area contributed by atoms with Crippen LogP contribution in [-0.2, 0) is 7.05 Å². The Kier molecular flexibility index (Phi) is 2.82. The number of hydrogen-bond donors (Lipinski definition) is 1. The Hall–Kier alpha value is -2.56. The van der Waals surface area contributed by atoms with Gasteiger partial charge in [0, 0.05) is 41.5 Å². The van der Waals surface area contributed by atoms with Crippen LogP contribution in [0.5, 0.6) is 11.6 Å². The van der Waals surface area contributed by atoms with E-state index in [-0.39, 0.29) is 0 Å². The number of pyridine rings is 1. The fourth-order valence-corrected chi connectivity index (χ4v) is 2.22. The highest BCUT2D eigenvalue weighted by Gasteiger charge is 2.10. The van der Waals surface area contributed by atoms with Gasteiger partial charge < -0.3 is 10.5 Å². The van der Waals surface area contributed by atoms with Gasteiger partial charge in [0.2, 0.25) is 5.88 Å². The Morgan fingerprint density at radius 3 is 2.60 bits per heavy atom. The zero-order valence-electron chi connectivity index (χ0n) is 11.7. The van der Waals surface area contributed by atoms with Crippen molar-refractivity contribution >= 4 is 16.5 Å². The van der Waals surface area contributed by atoms with Gasteiger partial charge in [-0.3, -0.25) is 4.98 Å². The third-order valence-corrected chi connectivity index (χ3v) is 3.20. The molecule has 0 saturated carbocycles. The quantitative estimate of drug-likeness (QED) is 0.726. The van der Waals surface area contributed by atoms with Crippen LogP contribution in [0.15, 0.2) is 30.5 Å². The zero-order chi connectivity index (χ0) is 14.3. The van der Waals surface area contributed by atoms with Crippen LogP contribution in [0.3, 0.4) is 0 Å². The lowest BCUT2D eigenvalue weighted by molar-refractivity contribution is 0.435. The van der Waals surface area contributed by atoms with E-state index in [1.165, 1.54) is 0 Å². The summed E-state index contributed by atoms with van der Waals surface area (Å²) in [6, 6.07) is 7.58. The Bertz CT molecular complexity index is 792. The molecule has 1 aromatic carbocycles. The van der Waals surface area contributed by atoms with Gasteiger partial charge in [0.15, 0.2) is 0 Å². The molecule has 5 nitrogen and oxygen atoms in total. The lowest BCUT2D eigenvalue weighted by Gasteiger charge is -2.10. The molecule has 0 fully saturated rings. The van der Waals surface area contributed by atoms with Crippen LogP contribution in [0.1, 0.15) is 11.4 Å². The number of nitrogen functional groups attached to an aromatic ring is 1. The fourth-order valence-electron chi connectivity index (χ4n) is 2.22. The average molecular weight is 268 g/mol. The Labute approximate surface area is 117 Å². The molecule has 0 aliphatic carbocycles. The zero-order valence-corrected chi connectivity index (χ0v) is 11.7. The molecule has 0 amide bonds. The molecule has 3 rings (SSSR count). The predicted molar refractivity (Wildman–Crippen MR) is 78.9 cm³/mol. The van der Waals surface area contributed by atoms with Crippen molar-refractivity contribution in [3.63, 3.8) is 0 Å². The second-order valence-electron chi connectivity index (χ2n) is 4.87. The summed E-state index contributed by atoms with van der Waals surface area (Å²) >= 11 is 0. The van der Waals surface area contributed by atoms with E-state index in [1.54, 1.807) is 10.9 Å². The summed E-state index contributed by atoms with van der Waals surface area (Å²) in [4.78, 5) is 4.28. The van der Waals surface area contributed by atoms with Crippen LogP contribution in [0.2, 0.25) is 0 Å². The van der Waals surface area contributed by atoms with Gasteiger partial charge in [-0.25, -0.2) is 4.68 Å². The SMILES string of the molecule is Cc1cc2c(Oc3cc(C)nn3C)ccc(N)c2cn1. The molecule has 2 heterocycles. The normalized spacial score (nSPS) is 10.9. The van der Waals surface area contributed by atoms with Gasteiger partial charge in [-0.05, 0) is 32.0 Å². The van der Waals surface area contributed by atoms with Crippen molar-refractivity contribution in [2.24, 2.45) is 7.05 Å². The first-order valence-electron chi connectivity index (χ1n) is 6.38. The van der Waals surface area contributed by atoms with E-state index < -0.39 is 0 Å². The maximum atomic E-state index is 5.99. The highest BCUT2D eigenvalue weighted by atomic mass is 16.5. The van der Waals surface area contributed by atoms with E-state index in [2.05, 4.69) is 10.1 Å². The number of nitrogens with two attached hydrogens (primary N) is 1. The van der Waals surface area contributed by atoms with Crippen molar-refractivity contribution in [2.75, 3.05) is 5.73 Å².